The Morgan fingerprint density at radius 3 is 2.24 bits per heavy atom. The molecule has 4 nitrogen and oxygen atoms in total. The quantitative estimate of drug-likeness (QED) is 0.325. The van der Waals surface area contributed by atoms with Gasteiger partial charge in [-0.25, -0.2) is 0 Å². The molecule has 0 amide bonds. The third kappa shape index (κ3) is 4.97. The molecule has 6 heteroatoms. The average molecular weight is 480 g/mol. The summed E-state index contributed by atoms with van der Waals surface area (Å²) >= 11 is 1.37. The summed E-state index contributed by atoms with van der Waals surface area (Å²) in [7, 11) is -1.90. The predicted molar refractivity (Wildman–Crippen MR) is 139 cm³/mol. The summed E-state index contributed by atoms with van der Waals surface area (Å²) in [6.07, 6.45) is 2.03. The van der Waals surface area contributed by atoms with Crippen LogP contribution in [0, 0.1) is 0 Å². The second-order valence-electron chi connectivity index (χ2n) is 10.5. The third-order valence-corrected chi connectivity index (χ3v) is 12.4. The van der Waals surface area contributed by atoms with Gasteiger partial charge in [0, 0.05) is 23.7 Å². The maximum absolute atomic E-state index is 11.6. The van der Waals surface area contributed by atoms with Gasteiger partial charge in [0.1, 0.15) is 11.4 Å². The summed E-state index contributed by atoms with van der Waals surface area (Å²) in [5.74, 6) is 2.53. The van der Waals surface area contributed by atoms with Crippen LogP contribution in [-0.2, 0) is 10.2 Å². The Kier molecular flexibility index (Phi) is 6.36. The van der Waals surface area contributed by atoms with Crippen molar-refractivity contribution in [3.05, 3.63) is 60.4 Å². The first kappa shape index (κ1) is 23.8. The van der Waals surface area contributed by atoms with Gasteiger partial charge in [-0.2, -0.15) is 0 Å². The highest BCUT2D eigenvalue weighted by Crippen LogP contribution is 2.55. The smallest absolute Gasteiger partial charge is 0.250 e. The lowest BCUT2D eigenvalue weighted by Gasteiger charge is -2.36. The maximum Gasteiger partial charge on any atom is 0.250 e. The maximum atomic E-state index is 11.6. The zero-order valence-corrected chi connectivity index (χ0v) is 22.2. The van der Waals surface area contributed by atoms with E-state index in [1.165, 1.54) is 11.8 Å². The Morgan fingerprint density at radius 1 is 1.06 bits per heavy atom. The topological polar surface area (TPSA) is 52.3 Å². The molecule has 0 atom stereocenters. The third-order valence-electron chi connectivity index (χ3n) is 6.95. The molecule has 0 N–H and O–H groups in total. The lowest BCUT2D eigenvalue weighted by molar-refractivity contribution is -0.109. The van der Waals surface area contributed by atoms with Crippen LogP contribution in [0.15, 0.2) is 59.1 Å². The standard InChI is InChI=1S/C27H33NO3SSi/c1-19(29)32-18-27(16-17-27)25-23(20-10-8-7-9-11-20)24(28-30-25)21-12-14-22(15-13-21)31-33(5,6)26(2,3)4/h7-15H,16-18H2,1-6H3. The van der Waals surface area contributed by atoms with Gasteiger partial charge in [-0.1, -0.05) is 68.0 Å². The van der Waals surface area contributed by atoms with Crippen LogP contribution in [0.1, 0.15) is 46.3 Å². The summed E-state index contributed by atoms with van der Waals surface area (Å²) in [5.41, 5.74) is 3.86. The molecular formula is C27H33NO3SSi. The van der Waals surface area contributed by atoms with Gasteiger partial charge in [-0.3, -0.25) is 4.79 Å². The molecule has 0 saturated heterocycles. The minimum atomic E-state index is -1.90. The summed E-state index contributed by atoms with van der Waals surface area (Å²) < 4.78 is 12.5. The van der Waals surface area contributed by atoms with Crippen LogP contribution in [0.3, 0.4) is 0 Å². The SMILES string of the molecule is CC(=O)SCC1(c2onc(-c3ccc(O[Si](C)(C)C(C)(C)C)cc3)c2-c2ccccc2)CC1. The van der Waals surface area contributed by atoms with E-state index in [4.69, 9.17) is 8.95 Å². The predicted octanol–water partition coefficient (Wildman–Crippen LogP) is 7.70. The molecule has 1 saturated carbocycles. The Balaban J connectivity index is 1.70. The van der Waals surface area contributed by atoms with Crippen LogP contribution in [0.4, 0.5) is 0 Å². The molecule has 1 fully saturated rings. The molecule has 33 heavy (non-hydrogen) atoms. The van der Waals surface area contributed by atoms with E-state index in [9.17, 15) is 4.79 Å². The van der Waals surface area contributed by atoms with Gasteiger partial charge in [0.05, 0.1) is 5.56 Å². The summed E-state index contributed by atoms with van der Waals surface area (Å²) in [4.78, 5) is 11.6. The Hall–Kier alpha value is -2.31. The fourth-order valence-electron chi connectivity index (χ4n) is 3.68. The van der Waals surface area contributed by atoms with E-state index in [0.717, 1.165) is 52.5 Å². The highest BCUT2D eigenvalue weighted by Gasteiger charge is 2.50. The van der Waals surface area contributed by atoms with Gasteiger partial charge in [0.15, 0.2) is 10.9 Å². The molecule has 2 aromatic carbocycles. The number of benzene rings is 2. The summed E-state index contributed by atoms with van der Waals surface area (Å²) in [5, 5.41) is 4.82. The molecule has 1 aliphatic carbocycles. The molecule has 3 aromatic rings. The van der Waals surface area contributed by atoms with E-state index in [2.05, 4.69) is 63.3 Å². The Bertz CT molecular complexity index is 1130. The van der Waals surface area contributed by atoms with Crippen molar-refractivity contribution < 1.29 is 13.7 Å². The molecule has 0 bridgehead atoms. The molecule has 4 rings (SSSR count). The van der Waals surface area contributed by atoms with Crippen molar-refractivity contribution in [2.75, 3.05) is 5.75 Å². The van der Waals surface area contributed by atoms with E-state index < -0.39 is 8.32 Å². The zero-order valence-electron chi connectivity index (χ0n) is 20.4. The van der Waals surface area contributed by atoms with Crippen LogP contribution in [0.5, 0.6) is 5.75 Å². The van der Waals surface area contributed by atoms with E-state index in [-0.39, 0.29) is 15.6 Å². The number of aromatic nitrogens is 1. The van der Waals surface area contributed by atoms with Crippen molar-refractivity contribution in [3.8, 4) is 28.1 Å². The monoisotopic (exact) mass is 479 g/mol. The van der Waals surface area contributed by atoms with E-state index >= 15 is 0 Å². The Labute approximate surface area is 202 Å². The molecule has 1 aliphatic rings. The van der Waals surface area contributed by atoms with Crippen molar-refractivity contribution in [2.45, 2.75) is 64.1 Å². The minimum Gasteiger partial charge on any atom is -0.544 e. The van der Waals surface area contributed by atoms with Gasteiger partial charge in [-0.15, -0.1) is 0 Å². The van der Waals surface area contributed by atoms with Gasteiger partial charge in [0.25, 0.3) is 0 Å². The zero-order chi connectivity index (χ0) is 23.9. The largest absolute Gasteiger partial charge is 0.544 e. The lowest BCUT2D eigenvalue weighted by Crippen LogP contribution is -2.43. The van der Waals surface area contributed by atoms with Crippen molar-refractivity contribution in [1.82, 2.24) is 5.16 Å². The number of nitrogens with zero attached hydrogens (tertiary/aromatic N) is 1. The van der Waals surface area contributed by atoms with Gasteiger partial charge in [0.2, 0.25) is 8.32 Å². The molecular weight excluding hydrogens is 446 g/mol. The van der Waals surface area contributed by atoms with Crippen molar-refractivity contribution in [3.63, 3.8) is 0 Å². The van der Waals surface area contributed by atoms with Crippen LogP contribution in [0.2, 0.25) is 18.1 Å². The number of rotatable bonds is 7. The molecule has 0 unspecified atom stereocenters. The van der Waals surface area contributed by atoms with Crippen LogP contribution in [-0.4, -0.2) is 24.3 Å². The first-order valence-corrected chi connectivity index (χ1v) is 15.4. The number of carbonyl (C=O) groups is 1. The van der Waals surface area contributed by atoms with E-state index in [1.54, 1.807) is 6.92 Å². The van der Waals surface area contributed by atoms with E-state index in [1.807, 2.05) is 30.3 Å². The average Bonchev–Trinajstić information content (AvgIpc) is 3.42. The highest BCUT2D eigenvalue weighted by atomic mass is 32.2. The van der Waals surface area contributed by atoms with Gasteiger partial charge >= 0.3 is 0 Å². The molecule has 1 aromatic heterocycles. The van der Waals surface area contributed by atoms with E-state index in [0.29, 0.717) is 0 Å². The van der Waals surface area contributed by atoms with Crippen molar-refractivity contribution >= 4 is 25.2 Å². The van der Waals surface area contributed by atoms with Crippen molar-refractivity contribution in [2.24, 2.45) is 0 Å². The minimum absolute atomic E-state index is 0.113. The number of hydrogen-bond acceptors (Lipinski definition) is 5. The second-order valence-corrected chi connectivity index (χ2v) is 16.4. The molecule has 1 heterocycles. The van der Waals surface area contributed by atoms with Gasteiger partial charge in [-0.05, 0) is 60.8 Å². The number of hydrogen-bond donors (Lipinski definition) is 0. The molecule has 174 valence electrons. The first-order chi connectivity index (χ1) is 15.5. The second kappa shape index (κ2) is 8.80. The van der Waals surface area contributed by atoms with Crippen LogP contribution in [0.25, 0.3) is 22.4 Å². The number of thioether (sulfide) groups is 1. The highest BCUT2D eigenvalue weighted by molar-refractivity contribution is 8.13. The molecule has 0 spiro atoms. The molecule has 0 aliphatic heterocycles. The fourth-order valence-corrected chi connectivity index (χ4v) is 5.61. The van der Waals surface area contributed by atoms with Crippen LogP contribution < -0.4 is 4.43 Å². The lowest BCUT2D eigenvalue weighted by atomic mass is 9.93. The van der Waals surface area contributed by atoms with Gasteiger partial charge < -0.3 is 8.95 Å². The van der Waals surface area contributed by atoms with Crippen LogP contribution >= 0.6 is 11.8 Å². The molecule has 0 radical (unpaired) electrons. The Morgan fingerprint density at radius 2 is 1.70 bits per heavy atom. The number of carbonyl (C=O) groups excluding carboxylic acids is 1. The fraction of sp³-hybridized carbons (Fsp3) is 0.407. The van der Waals surface area contributed by atoms with Crippen molar-refractivity contribution in [1.29, 1.82) is 0 Å². The first-order valence-electron chi connectivity index (χ1n) is 11.5. The normalized spacial score (nSPS) is 15.3. The summed E-state index contributed by atoms with van der Waals surface area (Å²) in [6, 6.07) is 18.5. The summed E-state index contributed by atoms with van der Waals surface area (Å²) in [6.45, 7) is 12.9.